The van der Waals surface area contributed by atoms with Crippen LogP contribution >= 0.6 is 50.2 Å². The number of alkyl halides is 1. The molecule has 96 valence electrons. The van der Waals surface area contributed by atoms with Crippen molar-refractivity contribution in [1.82, 2.24) is 0 Å². The summed E-state index contributed by atoms with van der Waals surface area (Å²) in [6, 6.07) is 4.53. The van der Waals surface area contributed by atoms with Crippen molar-refractivity contribution in [1.29, 1.82) is 0 Å². The first-order valence-electron chi connectivity index (χ1n) is 6.16. The molecule has 1 aliphatic rings. The number of fused-ring (bicyclic) bond motifs is 1. The summed E-state index contributed by atoms with van der Waals surface area (Å²) in [4.78, 5) is 4.13. The summed E-state index contributed by atoms with van der Waals surface area (Å²) >= 11 is 13.9. The van der Waals surface area contributed by atoms with Crippen molar-refractivity contribution in [2.24, 2.45) is 0 Å². The summed E-state index contributed by atoms with van der Waals surface area (Å²) in [6.07, 6.45) is 5.16. The Morgan fingerprint density at radius 3 is 2.56 bits per heavy atom. The molecule has 1 aliphatic carbocycles. The molecule has 0 fully saturated rings. The summed E-state index contributed by atoms with van der Waals surface area (Å²) in [6.45, 7) is 2.12. The fourth-order valence-corrected chi connectivity index (χ4v) is 5.68. The van der Waals surface area contributed by atoms with Crippen LogP contribution in [-0.4, -0.2) is 0 Å². The fraction of sp³-hybridized carbons (Fsp3) is 0.429. The quantitative estimate of drug-likeness (QED) is 0.568. The maximum Gasteiger partial charge on any atom is 0.102 e. The normalized spacial score (nSPS) is 16.6. The highest BCUT2D eigenvalue weighted by molar-refractivity contribution is 9.11. The van der Waals surface area contributed by atoms with Gasteiger partial charge in [0.25, 0.3) is 0 Å². The predicted molar refractivity (Wildman–Crippen MR) is 85.4 cm³/mol. The number of halogens is 2. The van der Waals surface area contributed by atoms with Gasteiger partial charge in [0, 0.05) is 14.6 Å². The Labute approximate surface area is 129 Å². The van der Waals surface area contributed by atoms with Crippen molar-refractivity contribution in [3.05, 3.63) is 41.7 Å². The van der Waals surface area contributed by atoms with Crippen LogP contribution in [0.15, 0.2) is 15.9 Å². The zero-order valence-corrected chi connectivity index (χ0v) is 14.1. The van der Waals surface area contributed by atoms with Gasteiger partial charge in [-0.2, -0.15) is 0 Å². The molecule has 0 saturated heterocycles. The fourth-order valence-electron chi connectivity index (χ4n) is 2.39. The van der Waals surface area contributed by atoms with Crippen molar-refractivity contribution < 1.29 is 0 Å². The van der Waals surface area contributed by atoms with Gasteiger partial charge in [-0.3, -0.25) is 0 Å². The van der Waals surface area contributed by atoms with Crippen LogP contribution in [-0.2, 0) is 12.8 Å². The lowest BCUT2D eigenvalue weighted by Crippen LogP contribution is -1.96. The lowest BCUT2D eigenvalue weighted by molar-refractivity contribution is 0.697. The van der Waals surface area contributed by atoms with E-state index in [0.717, 1.165) is 0 Å². The molecule has 0 aromatic carbocycles. The molecular formula is C14H14BrClS2. The van der Waals surface area contributed by atoms with E-state index in [9.17, 15) is 0 Å². The number of aryl methyl sites for hydroxylation is 3. The van der Waals surface area contributed by atoms with Crippen molar-refractivity contribution in [2.45, 2.75) is 38.0 Å². The third-order valence-corrected chi connectivity index (χ3v) is 7.62. The Morgan fingerprint density at radius 1 is 1.17 bits per heavy atom. The van der Waals surface area contributed by atoms with Gasteiger partial charge in [-0.15, -0.1) is 34.3 Å². The number of rotatable bonds is 2. The lowest BCUT2D eigenvalue weighted by atomic mass is 9.99. The summed E-state index contributed by atoms with van der Waals surface area (Å²) in [7, 11) is 0. The molecule has 18 heavy (non-hydrogen) atoms. The van der Waals surface area contributed by atoms with Gasteiger partial charge in [-0.05, 0) is 71.8 Å². The highest BCUT2D eigenvalue weighted by Crippen LogP contribution is 2.42. The smallest absolute Gasteiger partial charge is 0.102 e. The van der Waals surface area contributed by atoms with E-state index in [0.29, 0.717) is 0 Å². The summed E-state index contributed by atoms with van der Waals surface area (Å²) in [5, 5.41) is 0.0237. The van der Waals surface area contributed by atoms with Crippen molar-refractivity contribution >= 4 is 50.2 Å². The van der Waals surface area contributed by atoms with Crippen LogP contribution in [0.1, 0.15) is 44.0 Å². The molecule has 0 radical (unpaired) electrons. The van der Waals surface area contributed by atoms with E-state index in [1.807, 2.05) is 11.3 Å². The summed E-state index contributed by atoms with van der Waals surface area (Å²) < 4.78 is 1.20. The number of thiophene rings is 2. The number of hydrogen-bond donors (Lipinski definition) is 0. The molecule has 2 aromatic heterocycles. The van der Waals surface area contributed by atoms with Crippen LogP contribution in [0, 0.1) is 6.92 Å². The second kappa shape index (κ2) is 5.28. The lowest BCUT2D eigenvalue weighted by Gasteiger charge is -2.08. The maximum atomic E-state index is 6.64. The van der Waals surface area contributed by atoms with Crippen LogP contribution < -0.4 is 0 Å². The number of hydrogen-bond acceptors (Lipinski definition) is 2. The van der Waals surface area contributed by atoms with Crippen LogP contribution in [0.4, 0.5) is 0 Å². The topological polar surface area (TPSA) is 0 Å². The van der Waals surface area contributed by atoms with Gasteiger partial charge in [0.2, 0.25) is 0 Å². The van der Waals surface area contributed by atoms with Gasteiger partial charge in [0.1, 0.15) is 5.38 Å². The minimum atomic E-state index is 0.0237. The minimum Gasteiger partial charge on any atom is -0.143 e. The first kappa shape index (κ1) is 13.2. The molecule has 3 rings (SSSR count). The van der Waals surface area contributed by atoms with Gasteiger partial charge < -0.3 is 0 Å². The Hall–Kier alpha value is 0.170. The summed E-state index contributed by atoms with van der Waals surface area (Å²) in [5.74, 6) is 0. The van der Waals surface area contributed by atoms with Crippen molar-refractivity contribution in [3.8, 4) is 0 Å². The van der Waals surface area contributed by atoms with E-state index in [2.05, 4.69) is 35.0 Å². The van der Waals surface area contributed by atoms with Gasteiger partial charge in [0.05, 0.1) is 3.79 Å². The SMILES string of the molecule is Cc1cc(C(Cl)c2cc3c(s2)CCCC3)sc1Br. The molecule has 4 heteroatoms. The van der Waals surface area contributed by atoms with E-state index in [-0.39, 0.29) is 5.38 Å². The highest BCUT2D eigenvalue weighted by Gasteiger charge is 2.20. The van der Waals surface area contributed by atoms with Crippen LogP contribution in [0.2, 0.25) is 0 Å². The van der Waals surface area contributed by atoms with Gasteiger partial charge in [-0.1, -0.05) is 0 Å². The average Bonchev–Trinajstić information content (AvgIpc) is 2.93. The highest BCUT2D eigenvalue weighted by atomic mass is 79.9. The maximum absolute atomic E-state index is 6.64. The molecule has 0 aliphatic heterocycles. The average molecular weight is 362 g/mol. The third-order valence-electron chi connectivity index (χ3n) is 3.39. The molecule has 2 aromatic rings. The molecule has 0 N–H and O–H groups in total. The Bertz CT molecular complexity index is 527. The zero-order chi connectivity index (χ0) is 12.7. The second-order valence-corrected chi connectivity index (χ2v) is 8.78. The Balaban J connectivity index is 1.92. The van der Waals surface area contributed by atoms with Gasteiger partial charge >= 0.3 is 0 Å². The molecule has 0 saturated carbocycles. The van der Waals surface area contributed by atoms with Crippen molar-refractivity contribution in [3.63, 3.8) is 0 Å². The molecule has 0 amide bonds. The molecule has 1 unspecified atom stereocenters. The van der Waals surface area contributed by atoms with E-state index in [1.54, 1.807) is 21.8 Å². The molecule has 0 bridgehead atoms. The van der Waals surface area contributed by atoms with Crippen LogP contribution in [0.5, 0.6) is 0 Å². The second-order valence-electron chi connectivity index (χ2n) is 4.77. The Kier molecular flexibility index (Phi) is 3.86. The monoisotopic (exact) mass is 360 g/mol. The first-order valence-corrected chi connectivity index (χ1v) is 9.03. The standard InChI is InChI=1S/C14H14BrClS2/c1-8-6-11(18-14(8)15)13(16)12-7-9-4-2-3-5-10(9)17-12/h6-7,13H,2-5H2,1H3. The van der Waals surface area contributed by atoms with E-state index in [1.165, 1.54) is 44.8 Å². The zero-order valence-electron chi connectivity index (χ0n) is 10.1. The predicted octanol–water partition coefficient (Wildman–Crippen LogP) is 6.09. The minimum absolute atomic E-state index is 0.0237. The van der Waals surface area contributed by atoms with Crippen molar-refractivity contribution in [2.75, 3.05) is 0 Å². The summed E-state index contributed by atoms with van der Waals surface area (Å²) in [5.41, 5.74) is 2.82. The van der Waals surface area contributed by atoms with E-state index >= 15 is 0 Å². The molecule has 0 nitrogen and oxygen atoms in total. The van der Waals surface area contributed by atoms with Gasteiger partial charge in [0.15, 0.2) is 0 Å². The molecule has 0 spiro atoms. The van der Waals surface area contributed by atoms with Crippen LogP contribution in [0.25, 0.3) is 0 Å². The third kappa shape index (κ3) is 2.43. The van der Waals surface area contributed by atoms with E-state index in [4.69, 9.17) is 11.6 Å². The van der Waals surface area contributed by atoms with E-state index < -0.39 is 0 Å². The first-order chi connectivity index (χ1) is 8.65. The molecule has 2 heterocycles. The largest absolute Gasteiger partial charge is 0.143 e. The molecule has 1 atom stereocenters. The Morgan fingerprint density at radius 2 is 1.89 bits per heavy atom. The van der Waals surface area contributed by atoms with Gasteiger partial charge in [-0.25, -0.2) is 0 Å². The van der Waals surface area contributed by atoms with Crippen LogP contribution in [0.3, 0.4) is 0 Å². The molecular weight excluding hydrogens is 348 g/mol.